The minimum absolute atomic E-state index is 0.00805. The minimum Gasteiger partial charge on any atom is -0.269 e. The number of nitrogens with zero attached hydrogens (tertiary/aromatic N) is 1. The molecule has 2 aromatic carbocycles. The maximum atomic E-state index is 12.9. The topological polar surface area (TPSA) is 37.4 Å². The van der Waals surface area contributed by atoms with Crippen molar-refractivity contribution in [1.29, 1.82) is 0 Å². The fourth-order valence-corrected chi connectivity index (χ4v) is 3.79. The Bertz CT molecular complexity index is 837. The van der Waals surface area contributed by atoms with Gasteiger partial charge in [0, 0.05) is 11.9 Å². The van der Waals surface area contributed by atoms with Crippen LogP contribution in [0.1, 0.15) is 5.56 Å². The van der Waals surface area contributed by atoms with E-state index < -0.39 is 26.8 Å². The second-order valence-electron chi connectivity index (χ2n) is 4.81. The van der Waals surface area contributed by atoms with Crippen molar-refractivity contribution in [2.45, 2.75) is 16.0 Å². The lowest BCUT2D eigenvalue weighted by Crippen LogP contribution is -2.27. The van der Waals surface area contributed by atoms with Crippen LogP contribution in [0.25, 0.3) is 0 Å². The monoisotopic (exact) mass is 395 g/mol. The molecule has 0 aliphatic heterocycles. The lowest BCUT2D eigenvalue weighted by Gasteiger charge is -2.21. The summed E-state index contributed by atoms with van der Waals surface area (Å²) in [5.41, 5.74) is -1.21. The molecule has 3 nitrogen and oxygen atoms in total. The molecule has 0 heterocycles. The van der Waals surface area contributed by atoms with Gasteiger partial charge in [-0.05, 0) is 48.7 Å². The zero-order valence-electron chi connectivity index (χ0n) is 12.6. The quantitative estimate of drug-likeness (QED) is 0.690. The number of alkyl halides is 3. The van der Waals surface area contributed by atoms with Crippen LogP contribution >= 0.6 is 23.4 Å². The van der Waals surface area contributed by atoms with E-state index in [1.54, 1.807) is 12.1 Å². The Labute approximate surface area is 147 Å². The van der Waals surface area contributed by atoms with Gasteiger partial charge in [0.05, 0.1) is 21.2 Å². The number of halogens is 4. The maximum Gasteiger partial charge on any atom is 0.417 e. The first-order valence-corrected chi connectivity index (χ1v) is 9.61. The van der Waals surface area contributed by atoms with E-state index in [0.717, 1.165) is 21.3 Å². The molecule has 24 heavy (non-hydrogen) atoms. The SMILES string of the molecule is CSc1ccc(S(=O)(=O)N(C)c2ccc(Cl)c(C(F)(F)F)c2)cc1. The molecule has 0 bridgehead atoms. The van der Waals surface area contributed by atoms with Gasteiger partial charge in [0.1, 0.15) is 0 Å². The molecule has 9 heteroatoms. The van der Waals surface area contributed by atoms with Crippen LogP contribution in [0, 0.1) is 0 Å². The molecule has 0 spiro atoms. The zero-order valence-corrected chi connectivity index (χ0v) is 15.0. The lowest BCUT2D eigenvalue weighted by atomic mass is 10.2. The summed E-state index contributed by atoms with van der Waals surface area (Å²) in [6, 6.07) is 9.07. The van der Waals surface area contributed by atoms with Gasteiger partial charge in [-0.3, -0.25) is 4.31 Å². The van der Waals surface area contributed by atoms with Crippen molar-refractivity contribution in [2.75, 3.05) is 17.6 Å². The van der Waals surface area contributed by atoms with Gasteiger partial charge in [-0.1, -0.05) is 11.6 Å². The largest absolute Gasteiger partial charge is 0.417 e. The fourth-order valence-electron chi connectivity index (χ4n) is 1.97. The number of anilines is 1. The summed E-state index contributed by atoms with van der Waals surface area (Å²) < 4.78 is 64.8. The number of benzene rings is 2. The van der Waals surface area contributed by atoms with Gasteiger partial charge >= 0.3 is 6.18 Å². The van der Waals surface area contributed by atoms with E-state index in [-0.39, 0.29) is 10.6 Å². The van der Waals surface area contributed by atoms with Crippen molar-refractivity contribution in [1.82, 2.24) is 0 Å². The highest BCUT2D eigenvalue weighted by Gasteiger charge is 2.34. The summed E-state index contributed by atoms with van der Waals surface area (Å²) in [7, 11) is -2.78. The standard InChI is InChI=1S/C15H13ClF3NO2S2/c1-20(10-3-8-14(16)13(9-10)15(17,18)19)24(21,22)12-6-4-11(23-2)5-7-12/h3-9H,1-2H3. The number of hydrogen-bond donors (Lipinski definition) is 0. The molecule has 0 aliphatic carbocycles. The average Bonchev–Trinajstić information content (AvgIpc) is 2.53. The van der Waals surface area contributed by atoms with Crippen LogP contribution in [0.2, 0.25) is 5.02 Å². The van der Waals surface area contributed by atoms with Crippen molar-refractivity contribution in [3.63, 3.8) is 0 Å². The smallest absolute Gasteiger partial charge is 0.269 e. The highest BCUT2D eigenvalue weighted by molar-refractivity contribution is 7.98. The van der Waals surface area contributed by atoms with E-state index in [2.05, 4.69) is 0 Å². The number of hydrogen-bond acceptors (Lipinski definition) is 3. The Kier molecular flexibility index (Phi) is 5.41. The van der Waals surface area contributed by atoms with E-state index in [0.29, 0.717) is 0 Å². The minimum atomic E-state index is -4.67. The molecule has 0 atom stereocenters. The van der Waals surface area contributed by atoms with Crippen LogP contribution in [0.5, 0.6) is 0 Å². The molecule has 0 aliphatic rings. The van der Waals surface area contributed by atoms with Gasteiger partial charge in [0.15, 0.2) is 0 Å². The average molecular weight is 396 g/mol. The molecule has 0 unspecified atom stereocenters. The second kappa shape index (κ2) is 6.85. The molecule has 0 radical (unpaired) electrons. The van der Waals surface area contributed by atoms with Gasteiger partial charge < -0.3 is 0 Å². The zero-order chi connectivity index (χ0) is 18.1. The maximum absolute atomic E-state index is 12.9. The summed E-state index contributed by atoms with van der Waals surface area (Å²) in [6.45, 7) is 0. The van der Waals surface area contributed by atoms with Gasteiger partial charge in [0.25, 0.3) is 10.0 Å². The summed E-state index contributed by atoms with van der Waals surface area (Å²) >= 11 is 7.01. The lowest BCUT2D eigenvalue weighted by molar-refractivity contribution is -0.137. The first-order chi connectivity index (χ1) is 11.1. The molecule has 0 N–H and O–H groups in total. The van der Waals surface area contributed by atoms with E-state index in [1.807, 2.05) is 6.26 Å². The summed E-state index contributed by atoms with van der Waals surface area (Å²) in [5.74, 6) is 0. The van der Waals surface area contributed by atoms with Crippen molar-refractivity contribution in [2.24, 2.45) is 0 Å². The van der Waals surface area contributed by atoms with Gasteiger partial charge in [-0.25, -0.2) is 8.42 Å². The van der Waals surface area contributed by atoms with Crippen LogP contribution in [0.15, 0.2) is 52.3 Å². The highest BCUT2D eigenvalue weighted by Crippen LogP contribution is 2.37. The van der Waals surface area contributed by atoms with Crippen molar-refractivity contribution in [3.8, 4) is 0 Å². The normalized spacial score (nSPS) is 12.2. The summed E-state index contributed by atoms with van der Waals surface area (Å²) in [5, 5.41) is -0.485. The molecule has 0 fully saturated rings. The van der Waals surface area contributed by atoms with Crippen LogP contribution < -0.4 is 4.31 Å². The summed E-state index contributed by atoms with van der Waals surface area (Å²) in [6.07, 6.45) is -2.82. The third-order valence-electron chi connectivity index (χ3n) is 3.34. The molecule has 2 rings (SSSR count). The molecule has 2 aromatic rings. The number of rotatable bonds is 4. The van der Waals surface area contributed by atoms with Gasteiger partial charge in [-0.15, -0.1) is 11.8 Å². The Morgan fingerprint density at radius 3 is 2.17 bits per heavy atom. The van der Waals surface area contributed by atoms with Crippen molar-refractivity contribution < 1.29 is 21.6 Å². The van der Waals surface area contributed by atoms with Crippen LogP contribution in [0.4, 0.5) is 18.9 Å². The number of sulfonamides is 1. The third kappa shape index (κ3) is 3.81. The first kappa shape index (κ1) is 19.0. The Hall–Kier alpha value is -1.38. The molecule has 0 saturated carbocycles. The molecule has 0 aromatic heterocycles. The third-order valence-corrected chi connectivity index (χ3v) is 6.21. The number of thioether (sulfide) groups is 1. The molecular weight excluding hydrogens is 383 g/mol. The Morgan fingerprint density at radius 1 is 1.08 bits per heavy atom. The molecule has 130 valence electrons. The van der Waals surface area contributed by atoms with Crippen molar-refractivity contribution in [3.05, 3.63) is 53.1 Å². The highest BCUT2D eigenvalue weighted by atomic mass is 35.5. The predicted molar refractivity (Wildman–Crippen MR) is 90.3 cm³/mol. The summed E-state index contributed by atoms with van der Waals surface area (Å²) in [4.78, 5) is 0.869. The molecule has 0 amide bonds. The van der Waals surface area contributed by atoms with Gasteiger partial charge in [0.2, 0.25) is 0 Å². The van der Waals surface area contributed by atoms with Crippen LogP contribution in [-0.2, 0) is 16.2 Å². The van der Waals surface area contributed by atoms with Crippen molar-refractivity contribution >= 4 is 39.1 Å². The molecular formula is C15H13ClF3NO2S2. The van der Waals surface area contributed by atoms with E-state index in [4.69, 9.17) is 11.6 Å². The Balaban J connectivity index is 2.45. The van der Waals surface area contributed by atoms with E-state index in [1.165, 1.54) is 37.0 Å². The second-order valence-corrected chi connectivity index (χ2v) is 8.07. The van der Waals surface area contributed by atoms with E-state index in [9.17, 15) is 21.6 Å². The van der Waals surface area contributed by atoms with Gasteiger partial charge in [-0.2, -0.15) is 13.2 Å². The van der Waals surface area contributed by atoms with E-state index >= 15 is 0 Å². The first-order valence-electron chi connectivity index (χ1n) is 6.57. The predicted octanol–water partition coefficient (Wildman–Crippen LogP) is 4.91. The van der Waals surface area contributed by atoms with Crippen LogP contribution in [0.3, 0.4) is 0 Å². The van der Waals surface area contributed by atoms with Crippen LogP contribution in [-0.4, -0.2) is 21.7 Å². The molecule has 0 saturated heterocycles. The fraction of sp³-hybridized carbons (Fsp3) is 0.200. The Morgan fingerprint density at radius 2 is 1.67 bits per heavy atom.